The van der Waals surface area contributed by atoms with Crippen LogP contribution in [0.5, 0.6) is 5.75 Å². The minimum Gasteiger partial charge on any atom is -0.489 e. The van der Waals surface area contributed by atoms with Crippen LogP contribution in [-0.2, 0) is 16.2 Å². The number of rotatable bonds is 8. The highest BCUT2D eigenvalue weighted by atomic mass is 32.1. The highest BCUT2D eigenvalue weighted by Gasteiger charge is 2.15. The molecule has 0 aliphatic heterocycles. The number of carbonyl (C=O) groups excluding carboxylic acids is 1. The summed E-state index contributed by atoms with van der Waals surface area (Å²) in [5.74, 6) is 0.648. The van der Waals surface area contributed by atoms with E-state index in [9.17, 15) is 4.79 Å². The molecule has 6 nitrogen and oxygen atoms in total. The summed E-state index contributed by atoms with van der Waals surface area (Å²) in [6.07, 6.45) is -0.785. The number of nitrogens with zero attached hydrogens (tertiary/aromatic N) is 1. The monoisotopic (exact) mass is 395 g/mol. The third-order valence-electron chi connectivity index (χ3n) is 3.82. The van der Waals surface area contributed by atoms with E-state index in [1.165, 1.54) is 11.3 Å². The van der Waals surface area contributed by atoms with Gasteiger partial charge in [0.25, 0.3) is 5.91 Å². The van der Waals surface area contributed by atoms with Crippen LogP contribution in [0.2, 0.25) is 0 Å². The Hall–Kier alpha value is -3.32. The fourth-order valence-corrected chi connectivity index (χ4v) is 2.89. The molecule has 1 aromatic heterocycles. The van der Waals surface area contributed by atoms with Gasteiger partial charge in [-0.25, -0.2) is 0 Å². The third-order valence-corrected chi connectivity index (χ3v) is 4.71. The van der Waals surface area contributed by atoms with Gasteiger partial charge in [-0.1, -0.05) is 41.6 Å². The number of anilines is 1. The van der Waals surface area contributed by atoms with Crippen LogP contribution in [0.3, 0.4) is 0 Å². The summed E-state index contributed by atoms with van der Waals surface area (Å²) in [6.45, 7) is 2.10. The number of benzene rings is 2. The van der Waals surface area contributed by atoms with Gasteiger partial charge in [-0.15, -0.1) is 11.3 Å². The van der Waals surface area contributed by atoms with E-state index in [1.54, 1.807) is 31.2 Å². The highest BCUT2D eigenvalue weighted by Crippen LogP contribution is 2.17. The van der Waals surface area contributed by atoms with Gasteiger partial charge in [0.2, 0.25) is 6.10 Å². The van der Waals surface area contributed by atoms with Gasteiger partial charge in [-0.2, -0.15) is 0 Å². The van der Waals surface area contributed by atoms with Crippen LogP contribution in [0.4, 0.5) is 5.69 Å². The van der Waals surface area contributed by atoms with E-state index in [0.29, 0.717) is 12.3 Å². The molecule has 3 rings (SSSR count). The van der Waals surface area contributed by atoms with Crippen molar-refractivity contribution < 1.29 is 14.4 Å². The van der Waals surface area contributed by atoms with Gasteiger partial charge in [-0.3, -0.25) is 4.79 Å². The normalized spacial score (nSPS) is 12.2. The molecule has 0 bridgehead atoms. The van der Waals surface area contributed by atoms with Gasteiger partial charge in [-0.05, 0) is 48.2 Å². The number of ether oxygens (including phenoxy) is 1. The predicted molar refractivity (Wildman–Crippen MR) is 111 cm³/mol. The van der Waals surface area contributed by atoms with Crippen LogP contribution in [0.25, 0.3) is 0 Å². The number of nitrogens with two attached hydrogens (primary N) is 1. The van der Waals surface area contributed by atoms with Gasteiger partial charge in [0.15, 0.2) is 5.84 Å². The summed E-state index contributed by atoms with van der Waals surface area (Å²) in [5.41, 5.74) is 7.55. The smallest absolute Gasteiger partial charge is 0.267 e. The van der Waals surface area contributed by atoms with E-state index in [0.717, 1.165) is 16.2 Å². The molecule has 28 heavy (non-hydrogen) atoms. The Balaban J connectivity index is 1.49. The molecule has 1 atom stereocenters. The van der Waals surface area contributed by atoms with Crippen molar-refractivity contribution in [3.05, 3.63) is 82.6 Å². The van der Waals surface area contributed by atoms with E-state index >= 15 is 0 Å². The number of nitrogens with one attached hydrogen (secondary N) is 1. The number of carbonyl (C=O) groups is 1. The molecule has 0 fully saturated rings. The lowest BCUT2D eigenvalue weighted by molar-refractivity contribution is -0.126. The minimum atomic E-state index is -0.785. The van der Waals surface area contributed by atoms with Crippen LogP contribution in [0.1, 0.15) is 17.4 Å². The van der Waals surface area contributed by atoms with Crippen LogP contribution in [0.15, 0.2) is 77.3 Å². The molecule has 3 aromatic rings. The Morgan fingerprint density at radius 3 is 2.54 bits per heavy atom. The predicted octanol–water partition coefficient (Wildman–Crippen LogP) is 3.99. The molecule has 1 heterocycles. The molecule has 0 spiro atoms. The fourth-order valence-electron chi connectivity index (χ4n) is 2.27. The van der Waals surface area contributed by atoms with Crippen molar-refractivity contribution >= 4 is 28.8 Å². The Labute approximate surface area is 167 Å². The van der Waals surface area contributed by atoms with Crippen LogP contribution in [0, 0.1) is 0 Å². The largest absolute Gasteiger partial charge is 0.489 e. The minimum absolute atomic E-state index is 0.245. The number of oxime groups is 1. The van der Waals surface area contributed by atoms with E-state index in [-0.39, 0.29) is 11.7 Å². The van der Waals surface area contributed by atoms with Crippen molar-refractivity contribution in [2.45, 2.75) is 19.6 Å². The summed E-state index contributed by atoms with van der Waals surface area (Å²) in [6, 6.07) is 20.8. The van der Waals surface area contributed by atoms with Crippen LogP contribution >= 0.6 is 11.3 Å². The van der Waals surface area contributed by atoms with Gasteiger partial charge in [0.1, 0.15) is 12.4 Å². The number of hydrogen-bond donors (Lipinski definition) is 2. The van der Waals surface area contributed by atoms with E-state index in [2.05, 4.69) is 10.5 Å². The second-order valence-electron chi connectivity index (χ2n) is 5.99. The maximum atomic E-state index is 12.2. The van der Waals surface area contributed by atoms with Gasteiger partial charge in [0.05, 0.1) is 4.88 Å². The maximum absolute atomic E-state index is 12.2. The number of hydrogen-bond acceptors (Lipinski definition) is 5. The second kappa shape index (κ2) is 9.57. The number of thiophene rings is 1. The molecule has 7 heteroatoms. The van der Waals surface area contributed by atoms with Crippen molar-refractivity contribution in [3.63, 3.8) is 0 Å². The Morgan fingerprint density at radius 1 is 1.11 bits per heavy atom. The van der Waals surface area contributed by atoms with Crippen LogP contribution < -0.4 is 15.8 Å². The van der Waals surface area contributed by atoms with Gasteiger partial charge in [0, 0.05) is 5.69 Å². The standard InChI is InChI=1S/C21H21N3O3S/c1-15(27-24-20(22)19-8-5-13-28-19)21(25)23-17-9-11-18(12-10-17)26-14-16-6-3-2-4-7-16/h2-13,15H,14H2,1H3,(H2,22,24)(H,23,25). The molecule has 0 aliphatic rings. The number of amidine groups is 1. The molecule has 3 N–H and O–H groups in total. The average Bonchev–Trinajstić information content (AvgIpc) is 3.27. The zero-order chi connectivity index (χ0) is 19.8. The van der Waals surface area contributed by atoms with Crippen molar-refractivity contribution in [2.75, 3.05) is 5.32 Å². The van der Waals surface area contributed by atoms with Gasteiger partial charge >= 0.3 is 0 Å². The lowest BCUT2D eigenvalue weighted by Gasteiger charge is -2.12. The quantitative estimate of drug-likeness (QED) is 0.343. The molecule has 1 unspecified atom stereocenters. The van der Waals surface area contributed by atoms with Crippen molar-refractivity contribution in [3.8, 4) is 5.75 Å². The Kier molecular flexibility index (Phi) is 6.64. The first kappa shape index (κ1) is 19.4. The molecule has 144 valence electrons. The van der Waals surface area contributed by atoms with E-state index in [1.807, 2.05) is 47.8 Å². The van der Waals surface area contributed by atoms with Crippen molar-refractivity contribution in [1.29, 1.82) is 0 Å². The second-order valence-corrected chi connectivity index (χ2v) is 6.94. The highest BCUT2D eigenvalue weighted by molar-refractivity contribution is 7.12. The molecular formula is C21H21N3O3S. The Morgan fingerprint density at radius 2 is 1.86 bits per heavy atom. The molecule has 0 saturated carbocycles. The summed E-state index contributed by atoms with van der Waals surface area (Å²) < 4.78 is 5.73. The SMILES string of the molecule is CC(ON=C(N)c1cccs1)C(=O)Nc1ccc(OCc2ccccc2)cc1. The van der Waals surface area contributed by atoms with E-state index in [4.69, 9.17) is 15.3 Å². The molecule has 1 amide bonds. The molecule has 2 aromatic carbocycles. The third kappa shape index (κ3) is 5.59. The Bertz CT molecular complexity index is 910. The summed E-state index contributed by atoms with van der Waals surface area (Å²) in [7, 11) is 0. The first-order chi connectivity index (χ1) is 13.6. The first-order valence-corrected chi connectivity index (χ1v) is 9.60. The lowest BCUT2D eigenvalue weighted by atomic mass is 10.2. The average molecular weight is 395 g/mol. The van der Waals surface area contributed by atoms with Crippen LogP contribution in [-0.4, -0.2) is 17.8 Å². The molecule has 0 radical (unpaired) electrons. The molecule has 0 saturated heterocycles. The maximum Gasteiger partial charge on any atom is 0.267 e. The topological polar surface area (TPSA) is 85.9 Å². The molecular weight excluding hydrogens is 374 g/mol. The first-order valence-electron chi connectivity index (χ1n) is 8.72. The lowest BCUT2D eigenvalue weighted by Crippen LogP contribution is -2.27. The fraction of sp³-hybridized carbons (Fsp3) is 0.143. The van der Waals surface area contributed by atoms with Crippen molar-refractivity contribution in [2.24, 2.45) is 10.9 Å². The molecule has 0 aliphatic carbocycles. The van der Waals surface area contributed by atoms with Crippen molar-refractivity contribution in [1.82, 2.24) is 0 Å². The zero-order valence-corrected chi connectivity index (χ0v) is 16.2. The summed E-state index contributed by atoms with van der Waals surface area (Å²) >= 11 is 1.45. The number of amides is 1. The zero-order valence-electron chi connectivity index (χ0n) is 15.4. The summed E-state index contributed by atoms with van der Waals surface area (Å²) in [4.78, 5) is 18.2. The summed E-state index contributed by atoms with van der Waals surface area (Å²) in [5, 5.41) is 8.48. The van der Waals surface area contributed by atoms with E-state index < -0.39 is 6.10 Å². The van der Waals surface area contributed by atoms with Gasteiger partial charge < -0.3 is 20.6 Å².